The number of hydrogen-bond donors (Lipinski definition) is 2. The molecular weight excluding hydrogens is 252 g/mol. The molecule has 1 rings (SSSR count). The second kappa shape index (κ2) is 7.82. The number of nitrogens with zero attached hydrogens (tertiary/aromatic N) is 1. The average Bonchev–Trinajstić information content (AvgIpc) is 2.81. The first-order valence-electron chi connectivity index (χ1n) is 5.54. The van der Waals surface area contributed by atoms with Gasteiger partial charge < -0.3 is 15.2 Å². The fourth-order valence-corrected chi connectivity index (χ4v) is 1.86. The number of nitrogens with one attached hydrogen (secondary N) is 1. The lowest BCUT2D eigenvalue weighted by Gasteiger charge is -2.07. The minimum absolute atomic E-state index is 0.0676. The molecule has 1 atom stereocenters. The summed E-state index contributed by atoms with van der Waals surface area (Å²) in [6.45, 7) is 1.73. The Bertz CT molecular complexity index is 448. The van der Waals surface area contributed by atoms with Crippen molar-refractivity contribution in [3.8, 4) is 11.8 Å². The number of ether oxygens (including phenoxy) is 1. The first-order valence-corrected chi connectivity index (χ1v) is 6.35. The fourth-order valence-electron chi connectivity index (χ4n) is 1.15. The number of carbonyl (C=O) groups is 1. The van der Waals surface area contributed by atoms with E-state index < -0.39 is 0 Å². The van der Waals surface area contributed by atoms with Crippen molar-refractivity contribution >= 4 is 22.4 Å². The Morgan fingerprint density at radius 2 is 2.50 bits per heavy atom. The lowest BCUT2D eigenvalue weighted by molar-refractivity contribution is -0.116. The van der Waals surface area contributed by atoms with Gasteiger partial charge in [-0.25, -0.2) is 4.98 Å². The van der Waals surface area contributed by atoms with E-state index in [1.807, 2.05) is 6.92 Å². The van der Waals surface area contributed by atoms with Crippen molar-refractivity contribution in [2.75, 3.05) is 19.0 Å². The molecule has 18 heavy (non-hydrogen) atoms. The van der Waals surface area contributed by atoms with E-state index in [9.17, 15) is 4.79 Å². The molecule has 0 aliphatic rings. The Labute approximate surface area is 110 Å². The molecule has 0 fully saturated rings. The van der Waals surface area contributed by atoms with Crippen LogP contribution in [0.15, 0.2) is 6.20 Å². The third-order valence-electron chi connectivity index (χ3n) is 2.22. The Morgan fingerprint density at radius 3 is 3.17 bits per heavy atom. The van der Waals surface area contributed by atoms with E-state index in [0.29, 0.717) is 22.9 Å². The monoisotopic (exact) mass is 268 g/mol. The van der Waals surface area contributed by atoms with Gasteiger partial charge in [0.1, 0.15) is 6.61 Å². The quantitative estimate of drug-likeness (QED) is 0.788. The van der Waals surface area contributed by atoms with Crippen molar-refractivity contribution < 1.29 is 14.6 Å². The zero-order valence-corrected chi connectivity index (χ0v) is 11.2. The molecule has 1 heterocycles. The predicted molar refractivity (Wildman–Crippen MR) is 70.4 cm³/mol. The van der Waals surface area contributed by atoms with Crippen LogP contribution >= 0.6 is 11.3 Å². The highest BCUT2D eigenvalue weighted by Gasteiger charge is 2.08. The molecular formula is C12H16N2O3S. The van der Waals surface area contributed by atoms with Crippen LogP contribution in [0.4, 0.5) is 5.13 Å². The van der Waals surface area contributed by atoms with Crippen molar-refractivity contribution in [1.82, 2.24) is 4.98 Å². The van der Waals surface area contributed by atoms with Gasteiger partial charge in [-0.3, -0.25) is 4.79 Å². The summed E-state index contributed by atoms with van der Waals surface area (Å²) < 4.78 is 5.06. The van der Waals surface area contributed by atoms with Crippen LogP contribution in [0.2, 0.25) is 0 Å². The number of aliphatic hydroxyl groups excluding tert-OH is 1. The van der Waals surface area contributed by atoms with E-state index in [1.54, 1.807) is 13.3 Å². The number of thiazole rings is 1. The number of carbonyl (C=O) groups excluding carboxylic acids is 1. The topological polar surface area (TPSA) is 71.5 Å². The molecule has 2 N–H and O–H groups in total. The number of hydrogen-bond acceptors (Lipinski definition) is 5. The van der Waals surface area contributed by atoms with Gasteiger partial charge in [0.25, 0.3) is 0 Å². The maximum Gasteiger partial charge on any atom is 0.226 e. The van der Waals surface area contributed by atoms with Crippen LogP contribution < -0.4 is 5.32 Å². The molecule has 0 saturated carbocycles. The summed E-state index contributed by atoms with van der Waals surface area (Å²) in [5.74, 6) is 5.17. The largest absolute Gasteiger partial charge is 0.384 e. The van der Waals surface area contributed by atoms with E-state index in [-0.39, 0.29) is 18.6 Å². The SMILES string of the molecule is COC(C)CCC(=O)Nc1ncc(C#CCO)s1. The summed E-state index contributed by atoms with van der Waals surface area (Å²) in [7, 11) is 1.62. The van der Waals surface area contributed by atoms with Crippen LogP contribution in [0, 0.1) is 11.8 Å². The van der Waals surface area contributed by atoms with Gasteiger partial charge in [-0.1, -0.05) is 23.2 Å². The molecule has 1 aromatic rings. The van der Waals surface area contributed by atoms with Crippen LogP contribution in [0.1, 0.15) is 24.6 Å². The van der Waals surface area contributed by atoms with Crippen LogP contribution in [-0.2, 0) is 9.53 Å². The van der Waals surface area contributed by atoms with Crippen molar-refractivity contribution in [1.29, 1.82) is 0 Å². The van der Waals surface area contributed by atoms with Crippen LogP contribution in [0.25, 0.3) is 0 Å². The number of rotatable bonds is 5. The van der Waals surface area contributed by atoms with Gasteiger partial charge in [0, 0.05) is 13.5 Å². The van der Waals surface area contributed by atoms with Gasteiger partial charge in [-0.05, 0) is 13.3 Å². The maximum absolute atomic E-state index is 11.6. The molecule has 0 saturated heterocycles. The minimum Gasteiger partial charge on any atom is -0.384 e. The summed E-state index contributed by atoms with van der Waals surface area (Å²) in [4.78, 5) is 16.3. The number of aromatic nitrogens is 1. The molecule has 0 bridgehead atoms. The van der Waals surface area contributed by atoms with Crippen molar-refractivity contribution in [3.05, 3.63) is 11.1 Å². The molecule has 1 amide bonds. The third kappa shape index (κ3) is 5.27. The molecule has 6 heteroatoms. The molecule has 0 spiro atoms. The number of aliphatic hydroxyl groups is 1. The van der Waals surface area contributed by atoms with Gasteiger partial charge in [0.2, 0.25) is 5.91 Å². The molecule has 0 radical (unpaired) electrons. The Morgan fingerprint density at radius 1 is 1.72 bits per heavy atom. The molecule has 98 valence electrons. The minimum atomic E-state index is -0.186. The zero-order chi connectivity index (χ0) is 13.4. The number of amides is 1. The molecule has 0 aromatic carbocycles. The summed E-state index contributed by atoms with van der Waals surface area (Å²) in [6.07, 6.45) is 2.70. The molecule has 1 unspecified atom stereocenters. The Balaban J connectivity index is 2.42. The second-order valence-corrected chi connectivity index (χ2v) is 4.65. The van der Waals surface area contributed by atoms with E-state index in [4.69, 9.17) is 9.84 Å². The zero-order valence-electron chi connectivity index (χ0n) is 10.4. The summed E-state index contributed by atoms with van der Waals surface area (Å²) >= 11 is 1.28. The van der Waals surface area contributed by atoms with E-state index in [0.717, 1.165) is 0 Å². The van der Waals surface area contributed by atoms with Crippen molar-refractivity contribution in [2.45, 2.75) is 25.9 Å². The number of methoxy groups -OCH3 is 1. The normalized spacial score (nSPS) is 11.5. The van der Waals surface area contributed by atoms with Gasteiger partial charge >= 0.3 is 0 Å². The molecule has 0 aliphatic heterocycles. The van der Waals surface area contributed by atoms with Crippen LogP contribution in [-0.4, -0.2) is 35.8 Å². The summed E-state index contributed by atoms with van der Waals surface area (Å²) in [6, 6.07) is 0. The fraction of sp³-hybridized carbons (Fsp3) is 0.500. The van der Waals surface area contributed by atoms with Crippen molar-refractivity contribution in [2.24, 2.45) is 0 Å². The predicted octanol–water partition coefficient (Wildman–Crippen LogP) is 1.24. The van der Waals surface area contributed by atoms with E-state index in [1.165, 1.54) is 11.3 Å². The van der Waals surface area contributed by atoms with E-state index in [2.05, 4.69) is 22.1 Å². The second-order valence-electron chi connectivity index (χ2n) is 3.62. The highest BCUT2D eigenvalue weighted by Crippen LogP contribution is 2.17. The van der Waals surface area contributed by atoms with Crippen LogP contribution in [0.3, 0.4) is 0 Å². The van der Waals surface area contributed by atoms with Gasteiger partial charge in [-0.2, -0.15) is 0 Å². The average molecular weight is 268 g/mol. The summed E-state index contributed by atoms with van der Waals surface area (Å²) in [5.41, 5.74) is 0. The lowest BCUT2D eigenvalue weighted by atomic mass is 10.2. The van der Waals surface area contributed by atoms with Gasteiger partial charge in [-0.15, -0.1) is 0 Å². The number of anilines is 1. The molecule has 5 nitrogen and oxygen atoms in total. The van der Waals surface area contributed by atoms with Crippen molar-refractivity contribution in [3.63, 3.8) is 0 Å². The van der Waals surface area contributed by atoms with E-state index >= 15 is 0 Å². The first kappa shape index (κ1) is 14.6. The molecule has 0 aliphatic carbocycles. The standard InChI is InChI=1S/C12H16N2O3S/c1-9(17-2)5-6-11(16)14-12-13-8-10(18-12)4-3-7-15/h8-9,15H,5-7H2,1-2H3,(H,13,14,16). The molecule has 1 aromatic heterocycles. The Kier molecular flexibility index (Phi) is 6.36. The highest BCUT2D eigenvalue weighted by atomic mass is 32.1. The third-order valence-corrected chi connectivity index (χ3v) is 3.05. The van der Waals surface area contributed by atoms with Gasteiger partial charge in [0.05, 0.1) is 17.2 Å². The first-order chi connectivity index (χ1) is 8.65. The smallest absolute Gasteiger partial charge is 0.226 e. The summed E-state index contributed by atoms with van der Waals surface area (Å²) in [5, 5.41) is 11.8. The van der Waals surface area contributed by atoms with Crippen LogP contribution in [0.5, 0.6) is 0 Å². The highest BCUT2D eigenvalue weighted by molar-refractivity contribution is 7.16. The Hall–Kier alpha value is -1.42. The lowest BCUT2D eigenvalue weighted by Crippen LogP contribution is -2.14. The van der Waals surface area contributed by atoms with Gasteiger partial charge in [0.15, 0.2) is 5.13 Å². The maximum atomic E-state index is 11.6.